The highest BCUT2D eigenvalue weighted by atomic mass is 32.1. The van der Waals surface area contributed by atoms with E-state index in [9.17, 15) is 4.79 Å². The molecule has 1 aromatic carbocycles. The van der Waals surface area contributed by atoms with E-state index in [2.05, 4.69) is 0 Å². The molecule has 1 aromatic heterocycles. The van der Waals surface area contributed by atoms with E-state index in [1.54, 1.807) is 33.5 Å². The Kier molecular flexibility index (Phi) is 6.65. The molecule has 0 aliphatic rings. The van der Waals surface area contributed by atoms with Crippen LogP contribution in [0.4, 0.5) is 0 Å². The van der Waals surface area contributed by atoms with Gasteiger partial charge in [0.25, 0.3) is 0 Å². The van der Waals surface area contributed by atoms with Crippen molar-refractivity contribution in [3.8, 4) is 17.2 Å². The second-order valence-corrected chi connectivity index (χ2v) is 5.67. The predicted octanol–water partition coefficient (Wildman–Crippen LogP) is 2.70. The van der Waals surface area contributed by atoms with Crippen LogP contribution in [-0.2, 0) is 14.2 Å². The topological polar surface area (TPSA) is 72.5 Å². The molecule has 1 heterocycles. The monoisotopic (exact) mass is 356 g/mol. The summed E-state index contributed by atoms with van der Waals surface area (Å²) >= 11 is 1.26. The number of thiophene rings is 1. The minimum Gasteiger partial charge on any atom is -0.493 e. The molecule has 132 valence electrons. The van der Waals surface area contributed by atoms with E-state index in [1.807, 2.05) is 0 Å². The standard InChI is InChI=1S/C16H20O7S/c1-18-5-6-22-9-23-14-10-7-11(19-2)12(20-3)8-13(10)24-15(14)16(17)21-4/h7-8H,5-6,9H2,1-4H3. The highest BCUT2D eigenvalue weighted by Crippen LogP contribution is 2.43. The largest absolute Gasteiger partial charge is 0.493 e. The van der Waals surface area contributed by atoms with E-state index < -0.39 is 5.97 Å². The van der Waals surface area contributed by atoms with Crippen LogP contribution in [0, 0.1) is 0 Å². The highest BCUT2D eigenvalue weighted by Gasteiger charge is 2.22. The Morgan fingerprint density at radius 3 is 2.38 bits per heavy atom. The molecule has 0 aliphatic heterocycles. The quantitative estimate of drug-likeness (QED) is 0.388. The third-order valence-corrected chi connectivity index (χ3v) is 4.35. The summed E-state index contributed by atoms with van der Waals surface area (Å²) in [5.74, 6) is 1.05. The molecule has 0 fully saturated rings. The molecule has 8 heteroatoms. The molecule has 0 saturated heterocycles. The van der Waals surface area contributed by atoms with Gasteiger partial charge >= 0.3 is 5.97 Å². The predicted molar refractivity (Wildman–Crippen MR) is 89.6 cm³/mol. The molecule has 0 amide bonds. The molecule has 0 N–H and O–H groups in total. The van der Waals surface area contributed by atoms with Gasteiger partial charge in [0.2, 0.25) is 0 Å². The fourth-order valence-electron chi connectivity index (χ4n) is 2.07. The lowest BCUT2D eigenvalue weighted by molar-refractivity contribution is -0.00817. The fourth-order valence-corrected chi connectivity index (χ4v) is 3.15. The fraction of sp³-hybridized carbons (Fsp3) is 0.438. The minimum atomic E-state index is -0.471. The summed E-state index contributed by atoms with van der Waals surface area (Å²) in [5, 5.41) is 0.730. The molecule has 0 spiro atoms. The van der Waals surface area contributed by atoms with Crippen LogP contribution in [0.25, 0.3) is 10.1 Å². The van der Waals surface area contributed by atoms with E-state index in [1.165, 1.54) is 18.4 Å². The molecular formula is C16H20O7S. The first-order valence-electron chi connectivity index (χ1n) is 7.12. The third kappa shape index (κ3) is 3.89. The van der Waals surface area contributed by atoms with E-state index in [0.717, 1.165) is 10.1 Å². The first kappa shape index (κ1) is 18.3. The number of carbonyl (C=O) groups is 1. The lowest BCUT2D eigenvalue weighted by Crippen LogP contribution is -2.09. The average molecular weight is 356 g/mol. The van der Waals surface area contributed by atoms with Crippen molar-refractivity contribution in [2.24, 2.45) is 0 Å². The van der Waals surface area contributed by atoms with Gasteiger partial charge in [0.15, 0.2) is 28.9 Å². The maximum absolute atomic E-state index is 12.0. The van der Waals surface area contributed by atoms with Gasteiger partial charge in [-0.2, -0.15) is 0 Å². The third-order valence-electron chi connectivity index (χ3n) is 3.24. The number of hydrogen-bond acceptors (Lipinski definition) is 8. The van der Waals surface area contributed by atoms with Crippen molar-refractivity contribution < 1.29 is 33.2 Å². The Balaban J connectivity index is 2.38. The number of methoxy groups -OCH3 is 4. The van der Waals surface area contributed by atoms with Crippen LogP contribution in [0.5, 0.6) is 17.2 Å². The van der Waals surface area contributed by atoms with Crippen molar-refractivity contribution in [2.75, 3.05) is 48.4 Å². The summed E-state index contributed by atoms with van der Waals surface area (Å²) in [4.78, 5) is 12.4. The van der Waals surface area contributed by atoms with E-state index in [4.69, 9.17) is 28.4 Å². The summed E-state index contributed by atoms with van der Waals surface area (Å²) in [6.07, 6.45) is 0. The zero-order valence-electron chi connectivity index (χ0n) is 14.0. The van der Waals surface area contributed by atoms with Crippen molar-refractivity contribution in [3.63, 3.8) is 0 Å². The van der Waals surface area contributed by atoms with Crippen molar-refractivity contribution in [3.05, 3.63) is 17.0 Å². The summed E-state index contributed by atoms with van der Waals surface area (Å²) in [7, 11) is 6.02. The maximum atomic E-state index is 12.0. The second-order valence-electron chi connectivity index (χ2n) is 4.62. The van der Waals surface area contributed by atoms with Crippen LogP contribution < -0.4 is 14.2 Å². The second kappa shape index (κ2) is 8.72. The van der Waals surface area contributed by atoms with Crippen LogP contribution in [0.15, 0.2) is 12.1 Å². The number of rotatable bonds is 9. The Hall–Kier alpha value is -2.03. The van der Waals surface area contributed by atoms with Gasteiger partial charge in [-0.05, 0) is 6.07 Å². The number of esters is 1. The summed E-state index contributed by atoms with van der Waals surface area (Å²) in [6.45, 7) is 0.847. The summed E-state index contributed by atoms with van der Waals surface area (Å²) in [6, 6.07) is 3.56. The van der Waals surface area contributed by atoms with Gasteiger partial charge in [-0.3, -0.25) is 0 Å². The Bertz CT molecular complexity index is 695. The lowest BCUT2D eigenvalue weighted by Gasteiger charge is -2.10. The zero-order valence-corrected chi connectivity index (χ0v) is 14.9. The minimum absolute atomic E-state index is 0.00642. The molecule has 7 nitrogen and oxygen atoms in total. The first-order chi connectivity index (χ1) is 11.7. The van der Waals surface area contributed by atoms with Crippen LogP contribution in [0.2, 0.25) is 0 Å². The smallest absolute Gasteiger partial charge is 0.351 e. The molecule has 0 atom stereocenters. The Morgan fingerprint density at radius 2 is 1.75 bits per heavy atom. The Labute approximate surface area is 144 Å². The molecule has 2 aromatic rings. The van der Waals surface area contributed by atoms with E-state index in [0.29, 0.717) is 35.3 Å². The first-order valence-corrected chi connectivity index (χ1v) is 7.94. The zero-order chi connectivity index (χ0) is 17.5. The van der Waals surface area contributed by atoms with E-state index in [-0.39, 0.29) is 6.79 Å². The molecule has 0 aliphatic carbocycles. The van der Waals surface area contributed by atoms with Crippen molar-refractivity contribution in [1.82, 2.24) is 0 Å². The van der Waals surface area contributed by atoms with Gasteiger partial charge in [0, 0.05) is 23.3 Å². The van der Waals surface area contributed by atoms with Crippen LogP contribution in [0.3, 0.4) is 0 Å². The van der Waals surface area contributed by atoms with Crippen molar-refractivity contribution >= 4 is 27.4 Å². The highest BCUT2D eigenvalue weighted by molar-refractivity contribution is 7.21. The van der Waals surface area contributed by atoms with Crippen LogP contribution >= 0.6 is 11.3 Å². The number of ether oxygens (including phenoxy) is 6. The molecule has 2 rings (SSSR count). The van der Waals surface area contributed by atoms with Crippen molar-refractivity contribution in [2.45, 2.75) is 0 Å². The normalized spacial score (nSPS) is 10.7. The van der Waals surface area contributed by atoms with Crippen LogP contribution in [-0.4, -0.2) is 54.4 Å². The summed E-state index contributed by atoms with van der Waals surface area (Å²) < 4.78 is 32.1. The number of fused-ring (bicyclic) bond motifs is 1. The molecule has 0 unspecified atom stereocenters. The van der Waals surface area contributed by atoms with Gasteiger partial charge in [0.1, 0.15) is 0 Å². The lowest BCUT2D eigenvalue weighted by atomic mass is 10.2. The van der Waals surface area contributed by atoms with Gasteiger partial charge in [-0.25, -0.2) is 4.79 Å². The number of benzene rings is 1. The number of hydrogen-bond donors (Lipinski definition) is 0. The SMILES string of the molecule is COCCOCOc1c(C(=O)OC)sc2cc(OC)c(OC)cc12. The van der Waals surface area contributed by atoms with E-state index >= 15 is 0 Å². The van der Waals surface area contributed by atoms with Crippen LogP contribution in [0.1, 0.15) is 9.67 Å². The molecule has 0 saturated carbocycles. The molecule has 24 heavy (non-hydrogen) atoms. The van der Waals surface area contributed by atoms with Crippen molar-refractivity contribution in [1.29, 1.82) is 0 Å². The number of carbonyl (C=O) groups excluding carboxylic acids is 1. The Morgan fingerprint density at radius 1 is 1.04 bits per heavy atom. The average Bonchev–Trinajstić information content (AvgIpc) is 2.97. The van der Waals surface area contributed by atoms with Gasteiger partial charge < -0.3 is 28.4 Å². The molecule has 0 radical (unpaired) electrons. The molecular weight excluding hydrogens is 336 g/mol. The van der Waals surface area contributed by atoms with Gasteiger partial charge in [-0.1, -0.05) is 0 Å². The maximum Gasteiger partial charge on any atom is 0.351 e. The van der Waals surface area contributed by atoms with Gasteiger partial charge in [0.05, 0.1) is 34.5 Å². The summed E-state index contributed by atoms with van der Waals surface area (Å²) in [5.41, 5.74) is 0. The molecule has 0 bridgehead atoms. The van der Waals surface area contributed by atoms with Gasteiger partial charge in [-0.15, -0.1) is 11.3 Å².